The van der Waals surface area contributed by atoms with Crippen molar-refractivity contribution in [2.75, 3.05) is 5.43 Å². The summed E-state index contributed by atoms with van der Waals surface area (Å²) in [6, 6.07) is 2.83. The Labute approximate surface area is 119 Å². The topological polar surface area (TPSA) is 92.9 Å². The first kappa shape index (κ1) is 13.7. The number of hydrogen-bond acceptors (Lipinski definition) is 6. The number of rotatable bonds is 4. The Morgan fingerprint density at radius 1 is 1.53 bits per heavy atom. The van der Waals surface area contributed by atoms with Gasteiger partial charge in [0.1, 0.15) is 16.0 Å². The van der Waals surface area contributed by atoms with Gasteiger partial charge in [-0.25, -0.2) is 15.8 Å². The summed E-state index contributed by atoms with van der Waals surface area (Å²) in [5.41, 5.74) is 2.74. The summed E-state index contributed by atoms with van der Waals surface area (Å²) in [5.74, 6) is 5.33. The highest BCUT2D eigenvalue weighted by atomic mass is 35.5. The van der Waals surface area contributed by atoms with Gasteiger partial charge in [0, 0.05) is 17.1 Å². The van der Waals surface area contributed by atoms with Gasteiger partial charge in [-0.1, -0.05) is 11.6 Å². The van der Waals surface area contributed by atoms with Crippen LogP contribution in [0.5, 0.6) is 0 Å². The zero-order valence-corrected chi connectivity index (χ0v) is 11.6. The van der Waals surface area contributed by atoms with Crippen LogP contribution in [0.3, 0.4) is 0 Å². The molecule has 19 heavy (non-hydrogen) atoms. The fourth-order valence-electron chi connectivity index (χ4n) is 1.49. The molecular formula is C11H12ClN5OS. The van der Waals surface area contributed by atoms with Gasteiger partial charge >= 0.3 is 0 Å². The third-order valence-corrected chi connectivity index (χ3v) is 3.53. The number of amides is 1. The van der Waals surface area contributed by atoms with E-state index in [-0.39, 0.29) is 17.1 Å². The maximum Gasteiger partial charge on any atom is 0.252 e. The highest BCUT2D eigenvalue weighted by molar-refractivity contribution is 7.09. The van der Waals surface area contributed by atoms with E-state index in [4.69, 9.17) is 17.4 Å². The minimum Gasteiger partial charge on any atom is -0.343 e. The number of carbonyl (C=O) groups excluding carboxylic acids is 1. The number of thiazole rings is 1. The molecule has 0 aliphatic rings. The van der Waals surface area contributed by atoms with Crippen LogP contribution in [0.4, 0.5) is 5.82 Å². The number of anilines is 1. The first-order valence-corrected chi connectivity index (χ1v) is 6.70. The number of nitrogen functional groups attached to an aromatic ring is 1. The molecule has 8 heteroatoms. The lowest BCUT2D eigenvalue weighted by Crippen LogP contribution is -2.26. The Morgan fingerprint density at radius 3 is 2.95 bits per heavy atom. The largest absolute Gasteiger partial charge is 0.343 e. The standard InChI is InChI=1S/C11H12ClN5OS/c1-6(11-14-2-3-19-11)15-10(18)7-4-8(12)16-9(5-7)17-13/h2-6H,13H2,1H3,(H,15,18)(H,16,17). The number of hydrazine groups is 1. The number of carbonyl (C=O) groups is 1. The Kier molecular flexibility index (Phi) is 4.31. The van der Waals surface area contributed by atoms with Crippen LogP contribution < -0.4 is 16.6 Å². The molecule has 2 heterocycles. The lowest BCUT2D eigenvalue weighted by atomic mass is 10.2. The van der Waals surface area contributed by atoms with Crippen molar-refractivity contribution in [1.29, 1.82) is 0 Å². The van der Waals surface area contributed by atoms with E-state index in [0.29, 0.717) is 11.4 Å². The first-order chi connectivity index (χ1) is 9.10. The molecule has 1 unspecified atom stereocenters. The van der Waals surface area contributed by atoms with Crippen LogP contribution in [-0.2, 0) is 0 Å². The number of pyridine rings is 1. The Hall–Kier alpha value is -1.70. The van der Waals surface area contributed by atoms with Crippen molar-refractivity contribution in [2.45, 2.75) is 13.0 Å². The Bertz CT molecular complexity index is 574. The molecule has 1 amide bonds. The maximum absolute atomic E-state index is 12.1. The van der Waals surface area contributed by atoms with Crippen LogP contribution in [0.15, 0.2) is 23.7 Å². The van der Waals surface area contributed by atoms with Crippen molar-refractivity contribution in [3.05, 3.63) is 39.4 Å². The van der Waals surface area contributed by atoms with Gasteiger partial charge in [-0.15, -0.1) is 11.3 Å². The number of halogens is 1. The number of nitrogens with one attached hydrogen (secondary N) is 2. The summed E-state index contributed by atoms with van der Waals surface area (Å²) in [6.45, 7) is 1.86. The van der Waals surface area contributed by atoms with Crippen LogP contribution in [-0.4, -0.2) is 15.9 Å². The van der Waals surface area contributed by atoms with Gasteiger partial charge in [-0.05, 0) is 19.1 Å². The van der Waals surface area contributed by atoms with E-state index in [0.717, 1.165) is 5.01 Å². The number of nitrogens with zero attached hydrogens (tertiary/aromatic N) is 2. The van der Waals surface area contributed by atoms with Crippen molar-refractivity contribution >= 4 is 34.7 Å². The predicted octanol–water partition coefficient (Wildman–Crippen LogP) is 1.97. The molecule has 1 atom stereocenters. The Morgan fingerprint density at radius 2 is 2.32 bits per heavy atom. The molecule has 0 radical (unpaired) electrons. The fraction of sp³-hybridized carbons (Fsp3) is 0.182. The monoisotopic (exact) mass is 297 g/mol. The number of hydrogen-bond donors (Lipinski definition) is 3. The molecule has 4 N–H and O–H groups in total. The molecule has 0 aromatic carbocycles. The number of nitrogens with two attached hydrogens (primary N) is 1. The van der Waals surface area contributed by atoms with E-state index in [2.05, 4.69) is 20.7 Å². The molecule has 6 nitrogen and oxygen atoms in total. The molecule has 0 saturated heterocycles. The highest BCUT2D eigenvalue weighted by Crippen LogP contribution is 2.17. The van der Waals surface area contributed by atoms with E-state index < -0.39 is 0 Å². The second kappa shape index (κ2) is 5.96. The zero-order chi connectivity index (χ0) is 13.8. The van der Waals surface area contributed by atoms with Crippen LogP contribution in [0.2, 0.25) is 5.15 Å². The second-order valence-electron chi connectivity index (χ2n) is 3.77. The molecule has 0 aliphatic heterocycles. The molecule has 100 valence electrons. The molecule has 0 aliphatic carbocycles. The van der Waals surface area contributed by atoms with Crippen LogP contribution >= 0.6 is 22.9 Å². The van der Waals surface area contributed by atoms with Gasteiger partial charge in [0.15, 0.2) is 0 Å². The van der Waals surface area contributed by atoms with Crippen LogP contribution in [0.1, 0.15) is 28.3 Å². The average molecular weight is 298 g/mol. The van der Waals surface area contributed by atoms with E-state index in [1.54, 1.807) is 6.20 Å². The van der Waals surface area contributed by atoms with Gasteiger partial charge in [-0.3, -0.25) is 4.79 Å². The summed E-state index contributed by atoms with van der Waals surface area (Å²) in [4.78, 5) is 20.1. The van der Waals surface area contributed by atoms with Crippen LogP contribution in [0, 0.1) is 0 Å². The lowest BCUT2D eigenvalue weighted by Gasteiger charge is -2.12. The lowest BCUT2D eigenvalue weighted by molar-refractivity contribution is 0.0940. The van der Waals surface area contributed by atoms with Crippen molar-refractivity contribution < 1.29 is 4.79 Å². The van der Waals surface area contributed by atoms with Gasteiger partial charge in [0.2, 0.25) is 0 Å². The summed E-state index contributed by atoms with van der Waals surface area (Å²) >= 11 is 7.29. The van der Waals surface area contributed by atoms with Gasteiger partial charge < -0.3 is 10.7 Å². The van der Waals surface area contributed by atoms with Gasteiger partial charge in [0.25, 0.3) is 5.91 Å². The molecule has 2 aromatic rings. The van der Waals surface area contributed by atoms with Crippen LogP contribution in [0.25, 0.3) is 0 Å². The minimum absolute atomic E-state index is 0.172. The fourth-order valence-corrected chi connectivity index (χ4v) is 2.35. The van der Waals surface area contributed by atoms with Crippen molar-refractivity contribution in [2.24, 2.45) is 5.84 Å². The zero-order valence-electron chi connectivity index (χ0n) is 10.1. The van der Waals surface area contributed by atoms with E-state index >= 15 is 0 Å². The third-order valence-electron chi connectivity index (χ3n) is 2.37. The van der Waals surface area contributed by atoms with E-state index in [1.807, 2.05) is 12.3 Å². The summed E-state index contributed by atoms with van der Waals surface area (Å²) in [7, 11) is 0. The Balaban J connectivity index is 2.13. The molecule has 0 bridgehead atoms. The normalized spacial score (nSPS) is 11.9. The summed E-state index contributed by atoms with van der Waals surface area (Å²) < 4.78 is 0. The first-order valence-electron chi connectivity index (χ1n) is 5.44. The highest BCUT2D eigenvalue weighted by Gasteiger charge is 2.14. The van der Waals surface area contributed by atoms with Crippen molar-refractivity contribution in [1.82, 2.24) is 15.3 Å². The maximum atomic E-state index is 12.1. The van der Waals surface area contributed by atoms with Crippen molar-refractivity contribution in [3.63, 3.8) is 0 Å². The molecule has 0 saturated carbocycles. The SMILES string of the molecule is CC(NC(=O)c1cc(Cl)nc(NN)c1)c1nccs1. The van der Waals surface area contributed by atoms with Crippen molar-refractivity contribution in [3.8, 4) is 0 Å². The number of aromatic nitrogens is 2. The molecule has 0 fully saturated rings. The van der Waals surface area contributed by atoms with Gasteiger partial charge in [-0.2, -0.15) is 0 Å². The summed E-state index contributed by atoms with van der Waals surface area (Å²) in [5, 5.41) is 5.73. The summed E-state index contributed by atoms with van der Waals surface area (Å²) in [6.07, 6.45) is 1.70. The predicted molar refractivity (Wildman–Crippen MR) is 75.1 cm³/mol. The molecule has 2 aromatic heterocycles. The van der Waals surface area contributed by atoms with E-state index in [1.165, 1.54) is 23.5 Å². The molecule has 2 rings (SSSR count). The minimum atomic E-state index is -0.261. The smallest absolute Gasteiger partial charge is 0.252 e. The quantitative estimate of drug-likeness (QED) is 0.456. The molecular weight excluding hydrogens is 286 g/mol. The average Bonchev–Trinajstić information content (AvgIpc) is 2.91. The third kappa shape index (κ3) is 3.40. The van der Waals surface area contributed by atoms with Gasteiger partial charge in [0.05, 0.1) is 6.04 Å². The second-order valence-corrected chi connectivity index (χ2v) is 5.09. The molecule has 0 spiro atoms. The van der Waals surface area contributed by atoms with E-state index in [9.17, 15) is 4.79 Å².